The van der Waals surface area contributed by atoms with Crippen molar-refractivity contribution in [1.82, 2.24) is 14.3 Å². The minimum atomic E-state index is -0.427. The summed E-state index contributed by atoms with van der Waals surface area (Å²) in [6.07, 6.45) is 1.56. The van der Waals surface area contributed by atoms with Crippen molar-refractivity contribution in [3.05, 3.63) is 34.9 Å². The first-order valence-electron chi connectivity index (χ1n) is 8.80. The third-order valence-corrected chi connectivity index (χ3v) is 5.24. The Morgan fingerprint density at radius 3 is 2.82 bits per heavy atom. The maximum Gasteiger partial charge on any atom is 0.326 e. The number of nitrogens with zero attached hydrogens (tertiary/aromatic N) is 4. The second-order valence-electron chi connectivity index (χ2n) is 5.90. The summed E-state index contributed by atoms with van der Waals surface area (Å²) < 4.78 is 20.0. The van der Waals surface area contributed by atoms with Gasteiger partial charge in [-0.3, -0.25) is 14.3 Å². The van der Waals surface area contributed by atoms with E-state index in [9.17, 15) is 9.59 Å². The molecule has 0 bridgehead atoms. The predicted octanol–water partition coefficient (Wildman–Crippen LogP) is 1.95. The molecule has 0 saturated heterocycles. The highest BCUT2D eigenvalue weighted by atomic mass is 32.1. The van der Waals surface area contributed by atoms with Crippen molar-refractivity contribution in [3.63, 3.8) is 0 Å². The number of aryl methyl sites for hydroxylation is 1. The molecule has 28 heavy (non-hydrogen) atoms. The largest absolute Gasteiger partial charge is 0.465 e. The third-order valence-electron chi connectivity index (χ3n) is 4.20. The van der Waals surface area contributed by atoms with Gasteiger partial charge in [-0.1, -0.05) is 11.3 Å². The molecule has 9 nitrogen and oxygen atoms in total. The Morgan fingerprint density at radius 2 is 2.07 bits per heavy atom. The van der Waals surface area contributed by atoms with Crippen LogP contribution >= 0.6 is 11.3 Å². The topological polar surface area (TPSA) is 96.9 Å². The minimum Gasteiger partial charge on any atom is -0.465 e. The van der Waals surface area contributed by atoms with E-state index in [0.717, 1.165) is 10.2 Å². The number of carbonyl (C=O) groups excluding carboxylic acids is 2. The summed E-state index contributed by atoms with van der Waals surface area (Å²) in [7, 11) is 0. The van der Waals surface area contributed by atoms with E-state index in [4.69, 9.17) is 14.2 Å². The van der Waals surface area contributed by atoms with Gasteiger partial charge < -0.3 is 18.8 Å². The van der Waals surface area contributed by atoms with Gasteiger partial charge in [0.2, 0.25) is 6.79 Å². The van der Waals surface area contributed by atoms with Crippen LogP contribution in [0.3, 0.4) is 0 Å². The predicted molar refractivity (Wildman–Crippen MR) is 100 cm³/mol. The quantitative estimate of drug-likeness (QED) is 0.605. The van der Waals surface area contributed by atoms with Crippen LogP contribution in [0.15, 0.2) is 29.4 Å². The van der Waals surface area contributed by atoms with Crippen LogP contribution < -0.4 is 14.3 Å². The fourth-order valence-electron chi connectivity index (χ4n) is 2.94. The van der Waals surface area contributed by atoms with Crippen molar-refractivity contribution in [2.45, 2.75) is 26.9 Å². The SMILES string of the molecule is CCOC(=O)Cn1c(=NC(=O)c2ccnn2CC)sc2cc3c(cc21)OCO3. The molecule has 3 aromatic rings. The van der Waals surface area contributed by atoms with E-state index in [2.05, 4.69) is 10.1 Å². The van der Waals surface area contributed by atoms with E-state index in [1.165, 1.54) is 11.3 Å². The second-order valence-corrected chi connectivity index (χ2v) is 6.91. The minimum absolute atomic E-state index is 0.0629. The lowest BCUT2D eigenvalue weighted by Crippen LogP contribution is -2.23. The number of carbonyl (C=O) groups is 2. The summed E-state index contributed by atoms with van der Waals surface area (Å²) in [6.45, 7) is 4.56. The number of amides is 1. The zero-order valence-electron chi connectivity index (χ0n) is 15.4. The smallest absolute Gasteiger partial charge is 0.326 e. The highest BCUT2D eigenvalue weighted by Gasteiger charge is 2.20. The molecule has 10 heteroatoms. The van der Waals surface area contributed by atoms with Crippen LogP contribution in [0.4, 0.5) is 0 Å². The Labute approximate surface area is 163 Å². The molecule has 0 fully saturated rings. The molecular weight excluding hydrogens is 384 g/mol. The first-order chi connectivity index (χ1) is 13.6. The molecule has 146 valence electrons. The molecule has 0 unspecified atom stereocenters. The van der Waals surface area contributed by atoms with Gasteiger partial charge >= 0.3 is 5.97 Å². The van der Waals surface area contributed by atoms with Gasteiger partial charge in [-0.2, -0.15) is 10.1 Å². The fourth-order valence-corrected chi connectivity index (χ4v) is 3.98. The maximum absolute atomic E-state index is 12.7. The first kappa shape index (κ1) is 18.2. The molecule has 4 rings (SSSR count). The van der Waals surface area contributed by atoms with Crippen LogP contribution in [0.25, 0.3) is 10.2 Å². The average molecular weight is 402 g/mol. The molecule has 1 amide bonds. The maximum atomic E-state index is 12.7. The molecule has 0 N–H and O–H groups in total. The summed E-state index contributed by atoms with van der Waals surface area (Å²) in [4.78, 5) is 29.5. The number of benzene rings is 1. The molecule has 0 atom stereocenters. The van der Waals surface area contributed by atoms with Crippen molar-refractivity contribution in [1.29, 1.82) is 0 Å². The Balaban J connectivity index is 1.84. The van der Waals surface area contributed by atoms with Gasteiger partial charge in [0.05, 0.1) is 16.8 Å². The molecule has 1 aromatic carbocycles. The lowest BCUT2D eigenvalue weighted by atomic mass is 10.3. The third kappa shape index (κ3) is 3.26. The zero-order chi connectivity index (χ0) is 19.7. The van der Waals surface area contributed by atoms with Gasteiger partial charge in [-0.15, -0.1) is 0 Å². The molecular formula is C18H18N4O5S. The Morgan fingerprint density at radius 1 is 1.29 bits per heavy atom. The van der Waals surface area contributed by atoms with Crippen LogP contribution in [0.5, 0.6) is 11.5 Å². The second kappa shape index (κ2) is 7.47. The first-order valence-corrected chi connectivity index (χ1v) is 9.61. The fraction of sp³-hybridized carbons (Fsp3) is 0.333. The van der Waals surface area contributed by atoms with Gasteiger partial charge in [0.1, 0.15) is 12.2 Å². The molecule has 0 spiro atoms. The van der Waals surface area contributed by atoms with Crippen molar-refractivity contribution in [2.24, 2.45) is 4.99 Å². The van der Waals surface area contributed by atoms with Crippen molar-refractivity contribution < 1.29 is 23.8 Å². The number of thiazole rings is 1. The van der Waals surface area contributed by atoms with Crippen LogP contribution in [-0.4, -0.2) is 39.6 Å². The van der Waals surface area contributed by atoms with Crippen LogP contribution in [0.2, 0.25) is 0 Å². The standard InChI is InChI=1S/C18H18N4O5S/c1-3-22-11(5-6-19-22)17(24)20-18-21(9-16(23)25-4-2)12-7-13-14(27-10-26-13)8-15(12)28-18/h5-8H,3-4,9-10H2,1-2H3. The number of fused-ring (bicyclic) bond motifs is 2. The van der Waals surface area contributed by atoms with Gasteiger partial charge in [0.25, 0.3) is 5.91 Å². The zero-order valence-corrected chi connectivity index (χ0v) is 16.2. The average Bonchev–Trinajstić information content (AvgIpc) is 3.39. The highest BCUT2D eigenvalue weighted by molar-refractivity contribution is 7.16. The Kier molecular flexibility index (Phi) is 4.86. The highest BCUT2D eigenvalue weighted by Crippen LogP contribution is 2.37. The summed E-state index contributed by atoms with van der Waals surface area (Å²) in [5.41, 5.74) is 1.11. The number of hydrogen-bond donors (Lipinski definition) is 0. The molecule has 0 radical (unpaired) electrons. The Bertz CT molecular complexity index is 1130. The lowest BCUT2D eigenvalue weighted by molar-refractivity contribution is -0.143. The normalized spacial score (nSPS) is 13.3. The van der Waals surface area contributed by atoms with E-state index < -0.39 is 11.9 Å². The van der Waals surface area contributed by atoms with Crippen LogP contribution in [-0.2, 0) is 22.6 Å². The van der Waals surface area contributed by atoms with E-state index in [0.29, 0.717) is 28.5 Å². The van der Waals surface area contributed by atoms with Crippen molar-refractivity contribution in [2.75, 3.05) is 13.4 Å². The van der Waals surface area contributed by atoms with Crippen molar-refractivity contribution >= 4 is 33.4 Å². The van der Waals surface area contributed by atoms with Crippen LogP contribution in [0.1, 0.15) is 24.3 Å². The van der Waals surface area contributed by atoms with E-state index in [-0.39, 0.29) is 19.9 Å². The monoisotopic (exact) mass is 402 g/mol. The molecule has 1 aliphatic rings. The lowest BCUT2D eigenvalue weighted by Gasteiger charge is -2.06. The summed E-state index contributed by atoms with van der Waals surface area (Å²) in [5.74, 6) is 0.375. The molecule has 0 saturated carbocycles. The number of aromatic nitrogens is 3. The van der Waals surface area contributed by atoms with E-state index in [1.807, 2.05) is 13.0 Å². The molecule has 1 aliphatic heterocycles. The number of esters is 1. The van der Waals surface area contributed by atoms with Gasteiger partial charge in [0.15, 0.2) is 16.3 Å². The van der Waals surface area contributed by atoms with Crippen LogP contribution in [0, 0.1) is 0 Å². The Hall–Kier alpha value is -3.14. The summed E-state index contributed by atoms with van der Waals surface area (Å²) in [5, 5.41) is 4.10. The van der Waals surface area contributed by atoms with E-state index >= 15 is 0 Å². The molecule has 2 aromatic heterocycles. The van der Waals surface area contributed by atoms with Gasteiger partial charge in [-0.25, -0.2) is 0 Å². The molecule has 3 heterocycles. The number of ether oxygens (including phenoxy) is 3. The summed E-state index contributed by atoms with van der Waals surface area (Å²) >= 11 is 1.29. The van der Waals surface area contributed by atoms with Gasteiger partial charge in [0, 0.05) is 24.9 Å². The number of hydrogen-bond acceptors (Lipinski definition) is 7. The van der Waals surface area contributed by atoms with Gasteiger partial charge in [-0.05, 0) is 19.9 Å². The van der Waals surface area contributed by atoms with Crippen molar-refractivity contribution in [3.8, 4) is 11.5 Å². The molecule has 0 aliphatic carbocycles. The number of rotatable bonds is 5. The summed E-state index contributed by atoms with van der Waals surface area (Å²) in [6, 6.07) is 5.23. The van der Waals surface area contributed by atoms with E-state index in [1.54, 1.807) is 34.5 Å².